The number of hydrogen-bond acceptors (Lipinski definition) is 2. The highest BCUT2D eigenvalue weighted by atomic mass is 16.2. The average molecular weight is 215 g/mol. The topological polar surface area (TPSA) is 57.8 Å². The van der Waals surface area contributed by atoms with E-state index >= 15 is 0 Å². The molecule has 1 heterocycles. The van der Waals surface area contributed by atoms with Crippen LogP contribution in [0, 0.1) is 11.8 Å². The van der Waals surface area contributed by atoms with Crippen LogP contribution in [0.15, 0.2) is 24.3 Å². The van der Waals surface area contributed by atoms with Gasteiger partial charge < -0.3 is 4.98 Å². The number of imidazole rings is 1. The van der Waals surface area contributed by atoms with Gasteiger partial charge >= 0.3 is 0 Å². The van der Waals surface area contributed by atoms with E-state index in [1.807, 2.05) is 24.3 Å². The zero-order valence-corrected chi connectivity index (χ0v) is 9.03. The monoisotopic (exact) mass is 215 g/mol. The molecular formula is C12H13N3O. The summed E-state index contributed by atoms with van der Waals surface area (Å²) in [6.45, 7) is 2.09. The predicted molar refractivity (Wildman–Crippen MR) is 62.0 cm³/mol. The van der Waals surface area contributed by atoms with E-state index in [0.29, 0.717) is 11.9 Å². The van der Waals surface area contributed by atoms with Crippen LogP contribution in [0.3, 0.4) is 0 Å². The highest BCUT2D eigenvalue weighted by molar-refractivity contribution is 5.94. The van der Waals surface area contributed by atoms with Gasteiger partial charge in [0.25, 0.3) is 0 Å². The molecule has 16 heavy (non-hydrogen) atoms. The van der Waals surface area contributed by atoms with Gasteiger partial charge in [0.1, 0.15) is 0 Å². The van der Waals surface area contributed by atoms with E-state index in [9.17, 15) is 4.79 Å². The second-order valence-electron chi connectivity index (χ2n) is 4.41. The Morgan fingerprint density at radius 1 is 1.50 bits per heavy atom. The third kappa shape index (κ3) is 1.56. The number of carbonyl (C=O) groups is 1. The number of hydrogen-bond donors (Lipinski definition) is 2. The molecule has 0 unspecified atom stereocenters. The van der Waals surface area contributed by atoms with Gasteiger partial charge in [0.05, 0.1) is 11.0 Å². The number of rotatable bonds is 2. The summed E-state index contributed by atoms with van der Waals surface area (Å²) < 4.78 is 0. The van der Waals surface area contributed by atoms with Gasteiger partial charge in [-0.1, -0.05) is 19.1 Å². The van der Waals surface area contributed by atoms with Crippen molar-refractivity contribution in [3.05, 3.63) is 24.3 Å². The molecule has 1 aromatic carbocycles. The zero-order chi connectivity index (χ0) is 11.1. The number of benzene rings is 1. The maximum atomic E-state index is 11.7. The molecule has 0 bridgehead atoms. The SMILES string of the molecule is C[C@H]1C[C@@H]1C(=O)Nc1nc2ccccc2[nH]1. The number of para-hydroxylation sites is 2. The molecule has 1 aromatic heterocycles. The van der Waals surface area contributed by atoms with E-state index in [1.165, 1.54) is 0 Å². The molecule has 2 aromatic rings. The van der Waals surface area contributed by atoms with E-state index in [1.54, 1.807) is 0 Å². The third-order valence-electron chi connectivity index (χ3n) is 3.08. The maximum absolute atomic E-state index is 11.7. The number of fused-ring (bicyclic) bond motifs is 1. The number of H-pyrrole nitrogens is 1. The van der Waals surface area contributed by atoms with Crippen LogP contribution < -0.4 is 5.32 Å². The number of carbonyl (C=O) groups excluding carboxylic acids is 1. The molecule has 4 heteroatoms. The smallest absolute Gasteiger partial charge is 0.230 e. The van der Waals surface area contributed by atoms with Crippen LogP contribution in [0.25, 0.3) is 11.0 Å². The molecule has 2 N–H and O–H groups in total. The van der Waals surface area contributed by atoms with Gasteiger partial charge in [-0.05, 0) is 24.5 Å². The van der Waals surface area contributed by atoms with Crippen molar-refractivity contribution in [2.45, 2.75) is 13.3 Å². The van der Waals surface area contributed by atoms with Crippen molar-refractivity contribution in [3.63, 3.8) is 0 Å². The van der Waals surface area contributed by atoms with Crippen LogP contribution >= 0.6 is 0 Å². The van der Waals surface area contributed by atoms with E-state index in [2.05, 4.69) is 22.2 Å². The summed E-state index contributed by atoms with van der Waals surface area (Å²) in [7, 11) is 0. The predicted octanol–water partition coefficient (Wildman–Crippen LogP) is 2.16. The highest BCUT2D eigenvalue weighted by Crippen LogP contribution is 2.38. The summed E-state index contributed by atoms with van der Waals surface area (Å²) in [5.41, 5.74) is 1.82. The van der Waals surface area contributed by atoms with Gasteiger partial charge in [-0.2, -0.15) is 0 Å². The largest absolute Gasteiger partial charge is 0.324 e. The fourth-order valence-electron chi connectivity index (χ4n) is 1.91. The molecular weight excluding hydrogens is 202 g/mol. The first kappa shape index (κ1) is 9.39. The van der Waals surface area contributed by atoms with Gasteiger partial charge in [0, 0.05) is 5.92 Å². The Hall–Kier alpha value is -1.84. The summed E-state index contributed by atoms with van der Waals surface area (Å²) in [5.74, 6) is 1.31. The minimum absolute atomic E-state index is 0.0755. The Bertz CT molecular complexity index is 513. The van der Waals surface area contributed by atoms with Crippen LogP contribution in [0.2, 0.25) is 0 Å². The number of amides is 1. The Balaban J connectivity index is 1.81. The summed E-state index contributed by atoms with van der Waals surface area (Å²) >= 11 is 0. The highest BCUT2D eigenvalue weighted by Gasteiger charge is 2.39. The van der Waals surface area contributed by atoms with Gasteiger partial charge in [0.2, 0.25) is 11.9 Å². The molecule has 0 aliphatic heterocycles. The lowest BCUT2D eigenvalue weighted by Gasteiger charge is -1.98. The van der Waals surface area contributed by atoms with Crippen LogP contribution in [-0.4, -0.2) is 15.9 Å². The van der Waals surface area contributed by atoms with Gasteiger partial charge in [-0.3, -0.25) is 10.1 Å². The normalized spacial score (nSPS) is 23.3. The Morgan fingerprint density at radius 3 is 2.94 bits per heavy atom. The third-order valence-corrected chi connectivity index (χ3v) is 3.08. The lowest BCUT2D eigenvalue weighted by atomic mass is 10.3. The molecule has 4 nitrogen and oxygen atoms in total. The minimum Gasteiger partial charge on any atom is -0.324 e. The lowest BCUT2D eigenvalue weighted by molar-refractivity contribution is -0.117. The maximum Gasteiger partial charge on any atom is 0.230 e. The van der Waals surface area contributed by atoms with Crippen molar-refractivity contribution < 1.29 is 4.79 Å². The van der Waals surface area contributed by atoms with E-state index < -0.39 is 0 Å². The van der Waals surface area contributed by atoms with E-state index in [0.717, 1.165) is 17.5 Å². The molecule has 1 saturated carbocycles. The summed E-state index contributed by atoms with van der Waals surface area (Å²) in [6.07, 6.45) is 0.992. The molecule has 1 aliphatic rings. The number of nitrogens with zero attached hydrogens (tertiary/aromatic N) is 1. The molecule has 2 atom stereocenters. The van der Waals surface area contributed by atoms with Crippen LogP contribution in [0.1, 0.15) is 13.3 Å². The Labute approximate surface area is 93.1 Å². The van der Waals surface area contributed by atoms with Crippen molar-refractivity contribution in [1.82, 2.24) is 9.97 Å². The van der Waals surface area contributed by atoms with Gasteiger partial charge in [0.15, 0.2) is 0 Å². The Kier molecular flexibility index (Phi) is 1.96. The van der Waals surface area contributed by atoms with Gasteiger partial charge in [-0.25, -0.2) is 4.98 Å². The molecule has 1 amide bonds. The molecule has 1 fully saturated rings. The first-order chi connectivity index (χ1) is 7.74. The number of aromatic amines is 1. The standard InChI is InChI=1S/C12H13N3O/c1-7-6-8(7)11(16)15-12-13-9-4-2-3-5-10(9)14-12/h2-5,7-8H,6H2,1H3,(H2,13,14,15,16)/t7-,8-/m0/s1. The second kappa shape index (κ2) is 3.33. The first-order valence-corrected chi connectivity index (χ1v) is 5.49. The molecule has 82 valence electrons. The average Bonchev–Trinajstić information content (AvgIpc) is 2.87. The summed E-state index contributed by atoms with van der Waals surface area (Å²) in [4.78, 5) is 19.1. The van der Waals surface area contributed by atoms with Crippen LogP contribution in [0.5, 0.6) is 0 Å². The molecule has 0 radical (unpaired) electrons. The minimum atomic E-state index is 0.0755. The van der Waals surface area contributed by atoms with Crippen molar-refractivity contribution in [1.29, 1.82) is 0 Å². The van der Waals surface area contributed by atoms with E-state index in [-0.39, 0.29) is 11.8 Å². The summed E-state index contributed by atoms with van der Waals surface area (Å²) in [5, 5.41) is 2.82. The Morgan fingerprint density at radius 2 is 2.25 bits per heavy atom. The molecule has 0 saturated heterocycles. The first-order valence-electron chi connectivity index (χ1n) is 5.49. The van der Waals surface area contributed by atoms with Crippen molar-refractivity contribution in [2.75, 3.05) is 5.32 Å². The van der Waals surface area contributed by atoms with Crippen LogP contribution in [0.4, 0.5) is 5.95 Å². The second-order valence-corrected chi connectivity index (χ2v) is 4.41. The number of nitrogens with one attached hydrogen (secondary N) is 2. The van der Waals surface area contributed by atoms with Crippen molar-refractivity contribution in [2.24, 2.45) is 11.8 Å². The number of anilines is 1. The molecule has 3 rings (SSSR count). The molecule has 1 aliphatic carbocycles. The fraction of sp³-hybridized carbons (Fsp3) is 0.333. The fourth-order valence-corrected chi connectivity index (χ4v) is 1.91. The van der Waals surface area contributed by atoms with Crippen LogP contribution in [-0.2, 0) is 4.79 Å². The number of aromatic nitrogens is 2. The van der Waals surface area contributed by atoms with E-state index in [4.69, 9.17) is 0 Å². The quantitative estimate of drug-likeness (QED) is 0.806. The van der Waals surface area contributed by atoms with Crippen molar-refractivity contribution in [3.8, 4) is 0 Å². The molecule has 0 spiro atoms. The zero-order valence-electron chi connectivity index (χ0n) is 9.03. The lowest BCUT2D eigenvalue weighted by Crippen LogP contribution is -2.15. The van der Waals surface area contributed by atoms with Gasteiger partial charge in [-0.15, -0.1) is 0 Å². The summed E-state index contributed by atoms with van der Waals surface area (Å²) in [6, 6.07) is 7.73. The van der Waals surface area contributed by atoms with Crippen molar-refractivity contribution >= 4 is 22.9 Å².